The standard InChI is InChI=1S/C24H25N3O4S/c1-13-14(2)32-24(25-13)26-22(28)20-16-8-6-7-9-17(16)23(29)27(3)21(20)15-10-11-18(30-4)19(12-15)31-5/h6-12,20-21H,1-5H3,(H,25,26,28)/t20-,21-/m1/s1. The number of anilines is 1. The molecular formula is C24H25N3O4S. The van der Waals surface area contributed by atoms with E-state index in [1.165, 1.54) is 11.3 Å². The fourth-order valence-corrected chi connectivity index (χ4v) is 4.94. The third-order valence-corrected chi connectivity index (χ3v) is 6.86. The number of methoxy groups -OCH3 is 2. The Morgan fingerprint density at radius 3 is 2.47 bits per heavy atom. The number of aromatic nitrogens is 1. The number of benzene rings is 2. The van der Waals surface area contributed by atoms with E-state index in [0.717, 1.165) is 16.1 Å². The van der Waals surface area contributed by atoms with Gasteiger partial charge >= 0.3 is 0 Å². The predicted molar refractivity (Wildman–Crippen MR) is 124 cm³/mol. The van der Waals surface area contributed by atoms with Gasteiger partial charge in [-0.2, -0.15) is 0 Å². The fraction of sp³-hybridized carbons (Fsp3) is 0.292. The summed E-state index contributed by atoms with van der Waals surface area (Å²) in [5, 5.41) is 3.52. The molecule has 2 heterocycles. The van der Waals surface area contributed by atoms with Gasteiger partial charge in [0.1, 0.15) is 0 Å². The molecular weight excluding hydrogens is 426 g/mol. The van der Waals surface area contributed by atoms with Gasteiger partial charge in [0.2, 0.25) is 5.91 Å². The summed E-state index contributed by atoms with van der Waals surface area (Å²) in [6.45, 7) is 3.88. The number of fused-ring (bicyclic) bond motifs is 1. The highest BCUT2D eigenvalue weighted by atomic mass is 32.1. The summed E-state index contributed by atoms with van der Waals surface area (Å²) >= 11 is 1.44. The average molecular weight is 452 g/mol. The number of thiazole rings is 1. The van der Waals surface area contributed by atoms with Gasteiger partial charge < -0.3 is 19.7 Å². The van der Waals surface area contributed by atoms with Crippen LogP contribution in [-0.2, 0) is 4.79 Å². The minimum atomic E-state index is -0.628. The highest BCUT2D eigenvalue weighted by molar-refractivity contribution is 7.15. The largest absolute Gasteiger partial charge is 0.493 e. The Hall–Kier alpha value is -3.39. The van der Waals surface area contributed by atoms with Crippen LogP contribution in [0.2, 0.25) is 0 Å². The summed E-state index contributed by atoms with van der Waals surface area (Å²) in [6.07, 6.45) is 0. The molecule has 2 amide bonds. The number of aryl methyl sites for hydroxylation is 2. The minimum Gasteiger partial charge on any atom is -0.493 e. The number of hydrogen-bond acceptors (Lipinski definition) is 6. The van der Waals surface area contributed by atoms with Crippen molar-refractivity contribution in [3.63, 3.8) is 0 Å². The molecule has 7 nitrogen and oxygen atoms in total. The van der Waals surface area contributed by atoms with E-state index in [1.54, 1.807) is 38.3 Å². The molecule has 1 aliphatic rings. The molecule has 32 heavy (non-hydrogen) atoms. The quantitative estimate of drug-likeness (QED) is 0.625. The van der Waals surface area contributed by atoms with E-state index in [-0.39, 0.29) is 11.8 Å². The summed E-state index contributed by atoms with van der Waals surface area (Å²) < 4.78 is 10.8. The van der Waals surface area contributed by atoms with E-state index in [0.29, 0.717) is 27.8 Å². The topological polar surface area (TPSA) is 80.8 Å². The molecule has 0 bridgehead atoms. The summed E-state index contributed by atoms with van der Waals surface area (Å²) in [4.78, 5) is 33.9. The van der Waals surface area contributed by atoms with Crippen LogP contribution in [0, 0.1) is 13.8 Å². The first-order valence-corrected chi connectivity index (χ1v) is 11.0. The van der Waals surface area contributed by atoms with Gasteiger partial charge in [0.25, 0.3) is 5.91 Å². The molecule has 3 aromatic rings. The second kappa shape index (κ2) is 8.63. The van der Waals surface area contributed by atoms with Gasteiger partial charge in [-0.3, -0.25) is 9.59 Å². The molecule has 1 aromatic heterocycles. The molecule has 1 N–H and O–H groups in total. The molecule has 166 valence electrons. The molecule has 0 saturated heterocycles. The van der Waals surface area contributed by atoms with Gasteiger partial charge in [0, 0.05) is 17.5 Å². The molecule has 2 atom stereocenters. The van der Waals surface area contributed by atoms with Crippen molar-refractivity contribution in [1.82, 2.24) is 9.88 Å². The normalized spacial score (nSPS) is 17.7. The lowest BCUT2D eigenvalue weighted by molar-refractivity contribution is -0.119. The zero-order valence-electron chi connectivity index (χ0n) is 18.6. The maximum atomic E-state index is 13.6. The van der Waals surface area contributed by atoms with Crippen molar-refractivity contribution in [2.24, 2.45) is 0 Å². The number of ether oxygens (including phenoxy) is 2. The number of carbonyl (C=O) groups excluding carboxylic acids is 2. The van der Waals surface area contributed by atoms with Gasteiger partial charge in [-0.05, 0) is 43.2 Å². The van der Waals surface area contributed by atoms with Crippen molar-refractivity contribution >= 4 is 28.3 Å². The number of likely N-dealkylation sites (N-methyl/N-ethyl adjacent to an activating group) is 1. The molecule has 2 aromatic carbocycles. The Balaban J connectivity index is 1.82. The summed E-state index contributed by atoms with van der Waals surface area (Å²) in [6, 6.07) is 12.2. The van der Waals surface area contributed by atoms with Gasteiger partial charge in [-0.1, -0.05) is 24.3 Å². The first kappa shape index (κ1) is 21.8. The monoisotopic (exact) mass is 451 g/mol. The fourth-order valence-electron chi connectivity index (χ4n) is 4.12. The Bertz CT molecular complexity index is 1170. The van der Waals surface area contributed by atoms with E-state index in [2.05, 4.69) is 10.3 Å². The van der Waals surface area contributed by atoms with Crippen LogP contribution in [0.4, 0.5) is 5.13 Å². The van der Waals surface area contributed by atoms with Crippen LogP contribution in [0.15, 0.2) is 42.5 Å². The SMILES string of the molecule is COc1ccc([C@@H]2[C@H](C(=O)Nc3nc(C)c(C)s3)c3ccccc3C(=O)N2C)cc1OC. The van der Waals surface area contributed by atoms with Crippen LogP contribution < -0.4 is 14.8 Å². The maximum absolute atomic E-state index is 13.6. The average Bonchev–Trinajstić information content (AvgIpc) is 3.11. The Kier molecular flexibility index (Phi) is 5.88. The molecule has 0 unspecified atom stereocenters. The molecule has 0 radical (unpaired) electrons. The summed E-state index contributed by atoms with van der Waals surface area (Å²) in [7, 11) is 4.85. The molecule has 8 heteroatoms. The smallest absolute Gasteiger partial charge is 0.254 e. The number of hydrogen-bond donors (Lipinski definition) is 1. The van der Waals surface area contributed by atoms with Gasteiger partial charge in [-0.25, -0.2) is 4.98 Å². The van der Waals surface area contributed by atoms with E-state index in [1.807, 2.05) is 44.2 Å². The lowest BCUT2D eigenvalue weighted by Crippen LogP contribution is -2.44. The third-order valence-electron chi connectivity index (χ3n) is 5.87. The number of nitrogens with zero attached hydrogens (tertiary/aromatic N) is 2. The van der Waals surface area contributed by atoms with Gasteiger partial charge in [-0.15, -0.1) is 11.3 Å². The van der Waals surface area contributed by atoms with E-state index >= 15 is 0 Å². The van der Waals surface area contributed by atoms with E-state index in [4.69, 9.17) is 9.47 Å². The molecule has 0 saturated carbocycles. The second-order valence-corrected chi connectivity index (χ2v) is 8.89. The van der Waals surface area contributed by atoms with Crippen molar-refractivity contribution in [3.05, 3.63) is 69.7 Å². The highest BCUT2D eigenvalue weighted by Gasteiger charge is 2.43. The van der Waals surface area contributed by atoms with Crippen LogP contribution in [0.1, 0.15) is 44.0 Å². The lowest BCUT2D eigenvalue weighted by atomic mass is 9.79. The van der Waals surface area contributed by atoms with Crippen LogP contribution >= 0.6 is 11.3 Å². The number of rotatable bonds is 5. The molecule has 0 aliphatic carbocycles. The Morgan fingerprint density at radius 2 is 1.81 bits per heavy atom. The minimum absolute atomic E-state index is 0.134. The van der Waals surface area contributed by atoms with Crippen molar-refractivity contribution in [2.45, 2.75) is 25.8 Å². The Labute approximate surface area is 191 Å². The lowest BCUT2D eigenvalue weighted by Gasteiger charge is -2.39. The number of carbonyl (C=O) groups is 2. The first-order valence-electron chi connectivity index (χ1n) is 10.2. The predicted octanol–water partition coefficient (Wildman–Crippen LogP) is 4.33. The van der Waals surface area contributed by atoms with E-state index in [9.17, 15) is 9.59 Å². The van der Waals surface area contributed by atoms with Crippen LogP contribution in [0.5, 0.6) is 11.5 Å². The Morgan fingerprint density at radius 1 is 1.09 bits per heavy atom. The zero-order valence-corrected chi connectivity index (χ0v) is 19.4. The molecule has 4 rings (SSSR count). The highest BCUT2D eigenvalue weighted by Crippen LogP contribution is 2.44. The van der Waals surface area contributed by atoms with Crippen molar-refractivity contribution in [1.29, 1.82) is 0 Å². The third kappa shape index (κ3) is 3.71. The van der Waals surface area contributed by atoms with Gasteiger partial charge in [0.05, 0.1) is 31.9 Å². The first-order chi connectivity index (χ1) is 15.3. The summed E-state index contributed by atoms with van der Waals surface area (Å²) in [5.74, 6) is 0.137. The van der Waals surface area contributed by atoms with Gasteiger partial charge in [0.15, 0.2) is 16.6 Å². The van der Waals surface area contributed by atoms with Crippen LogP contribution in [0.25, 0.3) is 0 Å². The molecule has 0 fully saturated rings. The summed E-state index contributed by atoms with van der Waals surface area (Å²) in [5.41, 5.74) is 2.88. The number of amides is 2. The zero-order chi connectivity index (χ0) is 23.0. The van der Waals surface area contributed by atoms with Crippen LogP contribution in [-0.4, -0.2) is 43.0 Å². The second-order valence-electron chi connectivity index (χ2n) is 7.69. The van der Waals surface area contributed by atoms with Crippen molar-refractivity contribution in [2.75, 3.05) is 26.6 Å². The maximum Gasteiger partial charge on any atom is 0.254 e. The van der Waals surface area contributed by atoms with Crippen LogP contribution in [0.3, 0.4) is 0 Å². The van der Waals surface area contributed by atoms with Crippen molar-refractivity contribution < 1.29 is 19.1 Å². The molecule has 1 aliphatic heterocycles. The molecule has 0 spiro atoms. The number of nitrogens with one attached hydrogen (secondary N) is 1. The van der Waals surface area contributed by atoms with Crippen molar-refractivity contribution in [3.8, 4) is 11.5 Å². The van der Waals surface area contributed by atoms with E-state index < -0.39 is 12.0 Å².